The summed E-state index contributed by atoms with van der Waals surface area (Å²) in [5.74, 6) is 4.63. The molecular formula is C44H62O9S. The van der Waals surface area contributed by atoms with Crippen LogP contribution in [-0.2, 0) is 42.1 Å². The van der Waals surface area contributed by atoms with Gasteiger partial charge < -0.3 is 24.4 Å². The third-order valence-corrected chi connectivity index (χ3v) is 15.6. The number of hydrogen-bond acceptors (Lipinski definition) is 9. The molecule has 54 heavy (non-hydrogen) atoms. The van der Waals surface area contributed by atoms with Gasteiger partial charge in [0.05, 0.1) is 32.0 Å². The Morgan fingerprint density at radius 3 is 1.50 bits per heavy atom. The number of carbonyl (C=O) groups is 1. The number of phenolic OH excluding ortho intramolecular Hbond substituents is 2. The molecule has 0 bridgehead atoms. The van der Waals surface area contributed by atoms with Gasteiger partial charge in [-0.2, -0.15) is 4.21 Å². The second-order valence-electron chi connectivity index (χ2n) is 17.3. The summed E-state index contributed by atoms with van der Waals surface area (Å²) in [6, 6.07) is 8.08. The number of benzene rings is 2. The molecule has 2 aromatic rings. The summed E-state index contributed by atoms with van der Waals surface area (Å²) in [6.45, 7) is 13.4. The van der Waals surface area contributed by atoms with E-state index < -0.39 is 11.4 Å². The van der Waals surface area contributed by atoms with E-state index in [2.05, 4.69) is 30.7 Å². The lowest BCUT2D eigenvalue weighted by atomic mass is 9.55. The first-order valence-electron chi connectivity index (χ1n) is 20.8. The van der Waals surface area contributed by atoms with Crippen molar-refractivity contribution in [3.8, 4) is 23.0 Å². The van der Waals surface area contributed by atoms with Gasteiger partial charge in [0.2, 0.25) is 0 Å². The summed E-state index contributed by atoms with van der Waals surface area (Å²) in [7, 11) is 0. The van der Waals surface area contributed by atoms with Crippen LogP contribution in [0.25, 0.3) is 0 Å². The fourth-order valence-electron chi connectivity index (χ4n) is 12.4. The molecule has 10 unspecified atom stereocenters. The maximum absolute atomic E-state index is 13.7. The van der Waals surface area contributed by atoms with E-state index in [0.717, 1.165) is 77.0 Å². The average Bonchev–Trinajstić information content (AvgIpc) is 3.64. The van der Waals surface area contributed by atoms with Crippen LogP contribution in [0.15, 0.2) is 24.3 Å². The quantitative estimate of drug-likeness (QED) is 0.241. The van der Waals surface area contributed by atoms with Crippen molar-refractivity contribution in [1.29, 1.82) is 0 Å². The van der Waals surface area contributed by atoms with Gasteiger partial charge in [0, 0.05) is 6.92 Å². The van der Waals surface area contributed by atoms with Gasteiger partial charge in [-0.3, -0.25) is 13.2 Å². The minimum atomic E-state index is -1.78. The van der Waals surface area contributed by atoms with Gasteiger partial charge in [-0.15, -0.1) is 0 Å². The molecule has 0 amide bonds. The Labute approximate surface area is 324 Å². The predicted octanol–water partition coefficient (Wildman–Crippen LogP) is 9.23. The first-order valence-corrected chi connectivity index (χ1v) is 21.8. The smallest absolute Gasteiger partial charge is 0.305 e. The molecular weight excluding hydrogens is 705 g/mol. The molecule has 0 aromatic heterocycles. The number of carbonyl (C=O) groups excluding carboxylic acids is 1. The first-order chi connectivity index (χ1) is 25.9. The Kier molecular flexibility index (Phi) is 11.7. The molecule has 4 saturated carbocycles. The summed E-state index contributed by atoms with van der Waals surface area (Å²) in [5.41, 5.74) is 5.23. The number of hydrogen-bond donors (Lipinski definition) is 2. The fourth-order valence-corrected chi connectivity index (χ4v) is 13.4. The molecule has 6 aliphatic rings. The van der Waals surface area contributed by atoms with Crippen LogP contribution < -0.4 is 9.47 Å². The maximum atomic E-state index is 13.7. The Balaban J connectivity index is 0.000000695. The van der Waals surface area contributed by atoms with Crippen LogP contribution in [0.5, 0.6) is 23.0 Å². The maximum Gasteiger partial charge on any atom is 0.305 e. The summed E-state index contributed by atoms with van der Waals surface area (Å²) >= 11 is -1.78. The van der Waals surface area contributed by atoms with E-state index in [1.54, 1.807) is 6.92 Å². The molecule has 0 aliphatic heterocycles. The Morgan fingerprint density at radius 2 is 1.13 bits per heavy atom. The molecule has 4 fully saturated rings. The van der Waals surface area contributed by atoms with Crippen molar-refractivity contribution in [2.75, 3.05) is 19.8 Å². The normalized spacial score (nSPS) is 35.1. The van der Waals surface area contributed by atoms with Crippen LogP contribution in [-0.4, -0.2) is 52.4 Å². The molecule has 2 N–H and O–H groups in total. The lowest BCUT2D eigenvalue weighted by Crippen LogP contribution is -2.46. The monoisotopic (exact) mass is 766 g/mol. The van der Waals surface area contributed by atoms with E-state index in [1.165, 1.54) is 29.2 Å². The average molecular weight is 767 g/mol. The second-order valence-corrected chi connectivity index (χ2v) is 18.1. The number of rotatable bonds is 9. The number of fused-ring (bicyclic) bond motifs is 10. The number of phenols is 2. The summed E-state index contributed by atoms with van der Waals surface area (Å²) in [6.07, 6.45) is 12.4. The molecule has 0 spiro atoms. The highest BCUT2D eigenvalue weighted by atomic mass is 32.2. The summed E-state index contributed by atoms with van der Waals surface area (Å²) in [4.78, 5) is 9.82. The lowest BCUT2D eigenvalue weighted by Gasteiger charge is -2.51. The van der Waals surface area contributed by atoms with Crippen molar-refractivity contribution in [2.24, 2.45) is 34.5 Å². The zero-order valence-electron chi connectivity index (χ0n) is 33.2. The number of aromatic hydroxyl groups is 2. The van der Waals surface area contributed by atoms with Crippen LogP contribution in [0.2, 0.25) is 0 Å². The van der Waals surface area contributed by atoms with Gasteiger partial charge >= 0.3 is 17.3 Å². The van der Waals surface area contributed by atoms with Crippen LogP contribution >= 0.6 is 0 Å². The minimum absolute atomic E-state index is 0.0121. The van der Waals surface area contributed by atoms with Gasteiger partial charge in [-0.05, 0) is 191 Å². The molecule has 0 radical (unpaired) electrons. The molecule has 10 heteroatoms. The van der Waals surface area contributed by atoms with E-state index in [-0.39, 0.29) is 40.5 Å². The van der Waals surface area contributed by atoms with E-state index in [9.17, 15) is 19.2 Å². The largest absolute Gasteiger partial charge is 0.504 e. The third-order valence-electron chi connectivity index (χ3n) is 14.8. The van der Waals surface area contributed by atoms with Crippen molar-refractivity contribution in [3.05, 3.63) is 46.5 Å². The van der Waals surface area contributed by atoms with Crippen LogP contribution in [0.1, 0.15) is 140 Å². The molecule has 6 aliphatic carbocycles. The minimum Gasteiger partial charge on any atom is -0.504 e. The van der Waals surface area contributed by atoms with Gasteiger partial charge in [-0.25, -0.2) is 0 Å². The zero-order valence-corrected chi connectivity index (χ0v) is 34.0. The third kappa shape index (κ3) is 7.17. The molecule has 0 heterocycles. The molecule has 9 nitrogen and oxygen atoms in total. The van der Waals surface area contributed by atoms with Crippen LogP contribution in [0, 0.1) is 34.5 Å². The summed E-state index contributed by atoms with van der Waals surface area (Å²) < 4.78 is 42.6. The molecule has 2 aromatic carbocycles. The zero-order chi connectivity index (χ0) is 38.4. The Hall–Kier alpha value is -2.82. The van der Waals surface area contributed by atoms with Crippen molar-refractivity contribution in [2.45, 2.75) is 143 Å². The van der Waals surface area contributed by atoms with Gasteiger partial charge in [0.15, 0.2) is 23.0 Å². The highest BCUT2D eigenvalue weighted by molar-refractivity contribution is 7.75. The topological polar surface area (TPSA) is 121 Å². The van der Waals surface area contributed by atoms with Crippen molar-refractivity contribution in [3.63, 3.8) is 0 Å². The van der Waals surface area contributed by atoms with E-state index in [1.807, 2.05) is 26.0 Å². The van der Waals surface area contributed by atoms with Crippen molar-refractivity contribution in [1.82, 2.24) is 0 Å². The van der Waals surface area contributed by atoms with E-state index >= 15 is 0 Å². The van der Waals surface area contributed by atoms with Crippen molar-refractivity contribution < 1.29 is 41.8 Å². The predicted molar refractivity (Wildman–Crippen MR) is 208 cm³/mol. The SMILES string of the molecule is CCOC(C)=O.CCOc1cc2c(cc1O)CCC1C2CCC2(C)C(OS(=O)OC3CCC4C5CCc6cc(O)c(OCC)cc6C5CCC34C)CCC12. The Bertz CT molecular complexity index is 1600. The van der Waals surface area contributed by atoms with E-state index in [0.29, 0.717) is 66.8 Å². The highest BCUT2D eigenvalue weighted by Crippen LogP contribution is 2.64. The number of ether oxygens (including phenoxy) is 3. The van der Waals surface area contributed by atoms with E-state index in [4.69, 9.17) is 17.8 Å². The molecule has 298 valence electrons. The van der Waals surface area contributed by atoms with Crippen LogP contribution in [0.3, 0.4) is 0 Å². The van der Waals surface area contributed by atoms with Gasteiger partial charge in [-0.1, -0.05) is 13.8 Å². The fraction of sp³-hybridized carbons (Fsp3) is 0.705. The molecule has 0 saturated heterocycles. The van der Waals surface area contributed by atoms with Crippen molar-refractivity contribution >= 4 is 17.3 Å². The van der Waals surface area contributed by atoms with Crippen LogP contribution in [0.4, 0.5) is 0 Å². The highest BCUT2D eigenvalue weighted by Gasteiger charge is 2.58. The first kappa shape index (κ1) is 39.4. The Morgan fingerprint density at radius 1 is 0.685 bits per heavy atom. The second kappa shape index (κ2) is 16.0. The molecule has 8 rings (SSSR count). The number of esters is 1. The van der Waals surface area contributed by atoms with Gasteiger partial charge in [0.25, 0.3) is 0 Å². The summed E-state index contributed by atoms with van der Waals surface area (Å²) in [5, 5.41) is 21.0. The number of aryl methyl sites for hydroxylation is 2. The standard InChI is InChI=1S/C40H54O7S.C4H8O2/c1-5-44-35-21-29-23(19-33(35)41)7-9-27-25(29)15-17-39(3)31(27)11-13-37(39)46-48(43)47-38-14-12-32-28-10-8-24-20-34(42)36(45-6-2)22-30(24)26(28)16-18-40(32,38)4;1-3-6-4(2)5/h19-22,25-28,31-32,37-38,41-42H,5-18H2,1-4H3;3H2,1-2H3. The lowest BCUT2D eigenvalue weighted by molar-refractivity contribution is -0.140. The molecule has 10 atom stereocenters. The van der Waals surface area contributed by atoms with Gasteiger partial charge in [0.1, 0.15) is 0 Å².